The van der Waals surface area contributed by atoms with E-state index in [2.05, 4.69) is 6.92 Å². The molecule has 0 aromatic heterocycles. The van der Waals surface area contributed by atoms with E-state index in [1.165, 1.54) is 19.3 Å². The molecule has 0 aliphatic carbocycles. The predicted molar refractivity (Wildman–Crippen MR) is 41.7 cm³/mol. The molecule has 0 aliphatic heterocycles. The summed E-state index contributed by atoms with van der Waals surface area (Å²) in [5.41, 5.74) is 0. The largest absolute Gasteiger partial charge is 0.412 e. The Bertz CT molecular complexity index is 30.8. The van der Waals surface area contributed by atoms with E-state index in [-0.39, 0.29) is 45.6 Å². The van der Waals surface area contributed by atoms with Crippen molar-refractivity contribution in [2.24, 2.45) is 0 Å². The summed E-state index contributed by atoms with van der Waals surface area (Å²) in [5.74, 6) is 0. The minimum Gasteiger partial charge on any atom is -0.412 e. The summed E-state index contributed by atoms with van der Waals surface area (Å²) >= 11 is 0. The van der Waals surface area contributed by atoms with Gasteiger partial charge in [-0.25, -0.2) is 0 Å². The topological polar surface area (TPSA) is 40.7 Å². The molecule has 0 amide bonds. The fourth-order valence-electron chi connectivity index (χ4n) is 0.496. The molecule has 63 valence electrons. The molecule has 0 aliphatic rings. The number of hydrogen-bond donors (Lipinski definition) is 0. The van der Waals surface area contributed by atoms with Gasteiger partial charge in [0.2, 0.25) is 0 Å². The van der Waals surface area contributed by atoms with E-state index in [4.69, 9.17) is 4.74 Å². The monoisotopic (exact) mass is 225 g/mol. The van der Waals surface area contributed by atoms with Gasteiger partial charge in [-0.3, -0.25) is 0 Å². The van der Waals surface area contributed by atoms with Crippen LogP contribution in [-0.4, -0.2) is 19.2 Å². The molecule has 0 saturated carbocycles. The molecule has 0 heterocycles. The van der Waals surface area contributed by atoms with Crippen LogP contribution in [0.25, 0.3) is 0 Å². The summed E-state index contributed by atoms with van der Waals surface area (Å²) in [5, 5.41) is 0. The van der Waals surface area contributed by atoms with Crippen LogP contribution >= 0.6 is 0 Å². The smallest absolute Gasteiger partial charge is 0.0462 e. The van der Waals surface area contributed by atoms with Gasteiger partial charge < -0.3 is 10.2 Å². The van der Waals surface area contributed by atoms with Gasteiger partial charge in [0, 0.05) is 46.4 Å². The Morgan fingerprint density at radius 3 is 2.00 bits per heavy atom. The first-order valence-electron chi connectivity index (χ1n) is 2.90. The minimum absolute atomic E-state index is 0. The van der Waals surface area contributed by atoms with E-state index in [1.54, 1.807) is 7.11 Å². The fourth-order valence-corrected chi connectivity index (χ4v) is 0.496. The van der Waals surface area contributed by atoms with Crippen molar-refractivity contribution in [3.8, 4) is 0 Å². The minimum atomic E-state index is 0. The van der Waals surface area contributed by atoms with Crippen LogP contribution in [0.5, 0.6) is 0 Å². The summed E-state index contributed by atoms with van der Waals surface area (Å²) in [4.78, 5) is 0. The van der Waals surface area contributed by atoms with Crippen LogP contribution in [0.4, 0.5) is 0 Å². The summed E-state index contributed by atoms with van der Waals surface area (Å²) in [6.07, 6.45) is 3.80. The summed E-state index contributed by atoms with van der Waals surface area (Å²) in [7, 11) is 1.75. The van der Waals surface area contributed by atoms with Gasteiger partial charge in [-0.1, -0.05) is 27.2 Å². The second-order valence-corrected chi connectivity index (χ2v) is 1.70. The van der Waals surface area contributed by atoms with Gasteiger partial charge in [-0.15, -0.1) is 0 Å². The Morgan fingerprint density at radius 2 is 1.70 bits per heavy atom. The van der Waals surface area contributed by atoms with Crippen LogP contribution < -0.4 is 0 Å². The van der Waals surface area contributed by atoms with Gasteiger partial charge in [0.25, 0.3) is 0 Å². The van der Waals surface area contributed by atoms with Crippen LogP contribution in [0.2, 0.25) is 0 Å². The molecule has 3 heteroatoms. The Hall–Kier alpha value is 1.02. The SMILES string of the molecule is C.CCCCCOC.O.[Y]. The molecule has 1 radical (unpaired) electrons. The van der Waals surface area contributed by atoms with Gasteiger partial charge >= 0.3 is 0 Å². The molecule has 0 rings (SSSR count). The van der Waals surface area contributed by atoms with Gasteiger partial charge in [0.15, 0.2) is 0 Å². The zero-order valence-electron chi connectivity index (χ0n) is 6.31. The molecule has 2 nitrogen and oxygen atoms in total. The molecule has 0 aromatic rings. The van der Waals surface area contributed by atoms with Crippen molar-refractivity contribution in [3.05, 3.63) is 0 Å². The molecule has 10 heavy (non-hydrogen) atoms. The molecule has 0 unspecified atom stereocenters. The third kappa shape index (κ3) is 23.0. The second-order valence-electron chi connectivity index (χ2n) is 1.70. The summed E-state index contributed by atoms with van der Waals surface area (Å²) in [6, 6.07) is 0. The maximum atomic E-state index is 4.84. The molecule has 0 bridgehead atoms. The number of rotatable bonds is 4. The van der Waals surface area contributed by atoms with Crippen LogP contribution in [0.1, 0.15) is 33.6 Å². The average Bonchev–Trinajstić information content (AvgIpc) is 1.69. The van der Waals surface area contributed by atoms with E-state index in [9.17, 15) is 0 Å². The normalized spacial score (nSPS) is 6.60. The zero-order valence-corrected chi connectivity index (χ0v) is 9.15. The van der Waals surface area contributed by atoms with Gasteiger partial charge in [0.05, 0.1) is 0 Å². The van der Waals surface area contributed by atoms with Crippen LogP contribution in [0.3, 0.4) is 0 Å². The summed E-state index contributed by atoms with van der Waals surface area (Å²) < 4.78 is 4.84. The van der Waals surface area contributed by atoms with Gasteiger partial charge in [-0.2, -0.15) is 0 Å². The Morgan fingerprint density at radius 1 is 1.20 bits per heavy atom. The van der Waals surface area contributed by atoms with Crippen molar-refractivity contribution in [2.45, 2.75) is 33.6 Å². The van der Waals surface area contributed by atoms with Crippen LogP contribution in [-0.2, 0) is 37.4 Å². The number of ether oxygens (including phenoxy) is 1. The van der Waals surface area contributed by atoms with Crippen molar-refractivity contribution in [3.63, 3.8) is 0 Å². The molecule has 0 fully saturated rings. The maximum Gasteiger partial charge on any atom is 0.0462 e. The van der Waals surface area contributed by atoms with E-state index in [1.807, 2.05) is 0 Å². The zero-order chi connectivity index (χ0) is 5.54. The average molecular weight is 225 g/mol. The van der Waals surface area contributed by atoms with E-state index < -0.39 is 0 Å². The van der Waals surface area contributed by atoms with Crippen molar-refractivity contribution in [1.29, 1.82) is 0 Å². The van der Waals surface area contributed by atoms with Gasteiger partial charge in [-0.05, 0) is 6.42 Å². The number of unbranched alkanes of at least 4 members (excludes halogenated alkanes) is 2. The first kappa shape index (κ1) is 22.5. The van der Waals surface area contributed by atoms with Crippen molar-refractivity contribution < 1.29 is 42.9 Å². The Balaban J connectivity index is -0.0000000600. The van der Waals surface area contributed by atoms with Crippen molar-refractivity contribution >= 4 is 0 Å². The van der Waals surface area contributed by atoms with Crippen molar-refractivity contribution in [1.82, 2.24) is 0 Å². The number of methoxy groups -OCH3 is 1. The van der Waals surface area contributed by atoms with Crippen LogP contribution in [0.15, 0.2) is 0 Å². The molecule has 0 aromatic carbocycles. The first-order chi connectivity index (χ1) is 3.41. The third-order valence-electron chi connectivity index (χ3n) is 0.952. The predicted octanol–water partition coefficient (Wildman–Crippen LogP) is 1.63. The first-order valence-corrected chi connectivity index (χ1v) is 2.90. The molecule has 0 saturated heterocycles. The molecule has 0 atom stereocenters. The van der Waals surface area contributed by atoms with Crippen molar-refractivity contribution in [2.75, 3.05) is 13.7 Å². The second kappa shape index (κ2) is 22.5. The molecule has 2 N–H and O–H groups in total. The van der Waals surface area contributed by atoms with Gasteiger partial charge in [0.1, 0.15) is 0 Å². The van der Waals surface area contributed by atoms with E-state index >= 15 is 0 Å². The standard InChI is InChI=1S/C6H14O.CH4.H2O.Y/c1-3-4-5-6-7-2;;;/h3-6H2,1-2H3;1H4;1H2;. The quantitative estimate of drug-likeness (QED) is 0.670. The molecular weight excluding hydrogens is 205 g/mol. The Kier molecular flexibility index (Phi) is 50.5. The fraction of sp³-hybridized carbons (Fsp3) is 1.00. The molecule has 0 spiro atoms. The summed E-state index contributed by atoms with van der Waals surface area (Å²) in [6.45, 7) is 3.11. The van der Waals surface area contributed by atoms with E-state index in [0.29, 0.717) is 0 Å². The Labute approximate surface area is 89.9 Å². The third-order valence-corrected chi connectivity index (χ3v) is 0.952. The van der Waals surface area contributed by atoms with Crippen LogP contribution in [0, 0.1) is 0 Å². The molecular formula is C7H20O2Y. The number of hydrogen-bond acceptors (Lipinski definition) is 1. The van der Waals surface area contributed by atoms with E-state index in [0.717, 1.165) is 6.61 Å². The maximum absolute atomic E-state index is 4.84.